The van der Waals surface area contributed by atoms with Crippen LogP contribution in [0, 0.1) is 0 Å². The minimum absolute atomic E-state index is 0. The van der Waals surface area contributed by atoms with E-state index in [9.17, 15) is 4.79 Å². The zero-order valence-electron chi connectivity index (χ0n) is 6.36. The Kier molecular flexibility index (Phi) is 2.24. The van der Waals surface area contributed by atoms with Gasteiger partial charge < -0.3 is 5.73 Å². The largest absolute Gasteiger partial charge is 0.351 e. The molecule has 0 atom stereocenters. The smallest absolute Gasteiger partial charge is 0.319 e. The highest BCUT2D eigenvalue weighted by molar-refractivity contribution is 5.85. The SMILES string of the molecule is Cl.NC(=O)N1C=C2C=CC=C2C1. The number of carbonyl (C=O) groups is 1. The molecule has 2 aliphatic rings. The van der Waals surface area contributed by atoms with Crippen LogP contribution in [0.5, 0.6) is 0 Å². The lowest BCUT2D eigenvalue weighted by atomic mass is 10.2. The average Bonchev–Trinajstić information content (AvgIpc) is 2.40. The lowest BCUT2D eigenvalue weighted by molar-refractivity contribution is 0.229. The molecule has 0 saturated heterocycles. The van der Waals surface area contributed by atoms with Crippen molar-refractivity contribution in [2.24, 2.45) is 5.73 Å². The molecule has 0 fully saturated rings. The topological polar surface area (TPSA) is 46.3 Å². The molecular formula is C8H9ClN2O. The number of carbonyl (C=O) groups excluding carboxylic acids is 1. The lowest BCUT2D eigenvalue weighted by Gasteiger charge is -2.07. The van der Waals surface area contributed by atoms with Crippen LogP contribution in [0.4, 0.5) is 4.79 Å². The first-order valence-corrected chi connectivity index (χ1v) is 3.43. The third kappa shape index (κ3) is 1.23. The summed E-state index contributed by atoms with van der Waals surface area (Å²) in [5.41, 5.74) is 7.36. The average molecular weight is 185 g/mol. The number of halogens is 1. The number of nitrogens with zero attached hydrogens (tertiary/aromatic N) is 1. The Bertz CT molecular complexity index is 304. The molecule has 12 heavy (non-hydrogen) atoms. The third-order valence-electron chi connectivity index (χ3n) is 1.86. The monoisotopic (exact) mass is 184 g/mol. The maximum absolute atomic E-state index is 10.7. The molecule has 1 aliphatic carbocycles. The minimum Gasteiger partial charge on any atom is -0.351 e. The molecule has 3 nitrogen and oxygen atoms in total. The van der Waals surface area contributed by atoms with Crippen molar-refractivity contribution in [2.75, 3.05) is 6.54 Å². The van der Waals surface area contributed by atoms with Crippen molar-refractivity contribution < 1.29 is 4.79 Å². The van der Waals surface area contributed by atoms with Crippen molar-refractivity contribution in [3.63, 3.8) is 0 Å². The Balaban J connectivity index is 0.000000720. The summed E-state index contributed by atoms with van der Waals surface area (Å²) in [5, 5.41) is 0. The van der Waals surface area contributed by atoms with E-state index in [2.05, 4.69) is 0 Å². The Morgan fingerprint density at radius 2 is 2.33 bits per heavy atom. The third-order valence-corrected chi connectivity index (χ3v) is 1.86. The van der Waals surface area contributed by atoms with Gasteiger partial charge in [0.05, 0.1) is 6.54 Å². The quantitative estimate of drug-likeness (QED) is 0.604. The number of hydrogen-bond donors (Lipinski definition) is 1. The molecule has 0 spiro atoms. The summed E-state index contributed by atoms with van der Waals surface area (Å²) in [6.07, 6.45) is 7.71. The van der Waals surface area contributed by atoms with E-state index in [1.54, 1.807) is 6.20 Å². The Hall–Kier alpha value is -1.22. The van der Waals surface area contributed by atoms with Crippen molar-refractivity contribution >= 4 is 18.4 Å². The second-order valence-electron chi connectivity index (χ2n) is 2.60. The lowest BCUT2D eigenvalue weighted by Crippen LogP contribution is -2.29. The van der Waals surface area contributed by atoms with Gasteiger partial charge in [-0.2, -0.15) is 0 Å². The van der Waals surface area contributed by atoms with Gasteiger partial charge in [0.15, 0.2) is 0 Å². The summed E-state index contributed by atoms with van der Waals surface area (Å²) in [7, 11) is 0. The van der Waals surface area contributed by atoms with Gasteiger partial charge in [-0.1, -0.05) is 18.2 Å². The highest BCUT2D eigenvalue weighted by Gasteiger charge is 2.20. The molecule has 0 radical (unpaired) electrons. The molecule has 0 aromatic carbocycles. The molecule has 64 valence electrons. The summed E-state index contributed by atoms with van der Waals surface area (Å²) < 4.78 is 0. The van der Waals surface area contributed by atoms with Crippen molar-refractivity contribution in [1.82, 2.24) is 4.90 Å². The van der Waals surface area contributed by atoms with Crippen LogP contribution in [0.2, 0.25) is 0 Å². The molecule has 2 rings (SSSR count). The Morgan fingerprint density at radius 1 is 1.58 bits per heavy atom. The van der Waals surface area contributed by atoms with E-state index < -0.39 is 0 Å². The zero-order chi connectivity index (χ0) is 7.84. The molecule has 0 aromatic rings. The first kappa shape index (κ1) is 8.87. The van der Waals surface area contributed by atoms with Crippen molar-refractivity contribution in [2.45, 2.75) is 0 Å². The van der Waals surface area contributed by atoms with Crippen LogP contribution in [0.15, 0.2) is 35.6 Å². The molecule has 1 heterocycles. The van der Waals surface area contributed by atoms with Crippen LogP contribution < -0.4 is 5.73 Å². The van der Waals surface area contributed by atoms with Gasteiger partial charge in [0.2, 0.25) is 0 Å². The van der Waals surface area contributed by atoms with Gasteiger partial charge >= 0.3 is 6.03 Å². The van der Waals surface area contributed by atoms with E-state index in [1.165, 1.54) is 10.5 Å². The van der Waals surface area contributed by atoms with Crippen molar-refractivity contribution in [3.8, 4) is 0 Å². The van der Waals surface area contributed by atoms with Crippen LogP contribution in [-0.4, -0.2) is 17.5 Å². The summed E-state index contributed by atoms with van der Waals surface area (Å²) in [6.45, 7) is 0.623. The molecule has 2 N–H and O–H groups in total. The van der Waals surface area contributed by atoms with E-state index >= 15 is 0 Å². The van der Waals surface area contributed by atoms with Crippen molar-refractivity contribution in [1.29, 1.82) is 0 Å². The molecule has 0 unspecified atom stereocenters. The van der Waals surface area contributed by atoms with Crippen molar-refractivity contribution in [3.05, 3.63) is 35.6 Å². The van der Waals surface area contributed by atoms with E-state index in [-0.39, 0.29) is 18.4 Å². The molecule has 0 bridgehead atoms. The van der Waals surface area contributed by atoms with Crippen LogP contribution in [-0.2, 0) is 0 Å². The number of hydrogen-bond acceptors (Lipinski definition) is 1. The number of rotatable bonds is 0. The highest BCUT2D eigenvalue weighted by Crippen LogP contribution is 2.25. The van der Waals surface area contributed by atoms with Gasteiger partial charge in [0, 0.05) is 6.20 Å². The van der Waals surface area contributed by atoms with Gasteiger partial charge in [-0.3, -0.25) is 4.90 Å². The predicted octanol–water partition coefficient (Wildman–Crippen LogP) is 1.18. The maximum atomic E-state index is 10.7. The second-order valence-corrected chi connectivity index (χ2v) is 2.60. The Morgan fingerprint density at radius 3 is 2.92 bits per heavy atom. The fourth-order valence-corrected chi connectivity index (χ4v) is 1.28. The number of amides is 2. The standard InChI is InChI=1S/C8H8N2O.ClH/c9-8(11)10-4-6-2-1-3-7(6)5-10;/h1-4H,5H2,(H2,9,11);1H. The molecular weight excluding hydrogens is 176 g/mol. The highest BCUT2D eigenvalue weighted by atomic mass is 35.5. The number of primary amides is 1. The van der Waals surface area contributed by atoms with Gasteiger partial charge in [0.1, 0.15) is 0 Å². The van der Waals surface area contributed by atoms with Gasteiger partial charge in [-0.15, -0.1) is 12.4 Å². The number of allylic oxidation sites excluding steroid dienone is 3. The second kappa shape index (κ2) is 3.03. The summed E-state index contributed by atoms with van der Waals surface area (Å²) in [6, 6.07) is -0.388. The first-order valence-electron chi connectivity index (χ1n) is 3.43. The normalized spacial score (nSPS) is 18.2. The summed E-state index contributed by atoms with van der Waals surface area (Å²) in [4.78, 5) is 12.2. The minimum atomic E-state index is -0.388. The zero-order valence-corrected chi connectivity index (χ0v) is 7.17. The summed E-state index contributed by atoms with van der Waals surface area (Å²) in [5.74, 6) is 0. The molecule has 0 aromatic heterocycles. The number of fused-ring (bicyclic) bond motifs is 1. The van der Waals surface area contributed by atoms with Crippen LogP contribution in [0.1, 0.15) is 0 Å². The summed E-state index contributed by atoms with van der Waals surface area (Å²) >= 11 is 0. The molecule has 4 heteroatoms. The van der Waals surface area contributed by atoms with E-state index in [4.69, 9.17) is 5.73 Å². The van der Waals surface area contributed by atoms with E-state index in [1.807, 2.05) is 18.2 Å². The van der Waals surface area contributed by atoms with Gasteiger partial charge in [0.25, 0.3) is 0 Å². The van der Waals surface area contributed by atoms with E-state index in [0.717, 1.165) is 5.57 Å². The fourth-order valence-electron chi connectivity index (χ4n) is 1.28. The molecule has 1 aliphatic heterocycles. The molecule has 2 amide bonds. The van der Waals surface area contributed by atoms with Crippen LogP contribution in [0.3, 0.4) is 0 Å². The number of urea groups is 1. The predicted molar refractivity (Wildman–Crippen MR) is 48.8 cm³/mol. The number of nitrogens with two attached hydrogens (primary N) is 1. The van der Waals surface area contributed by atoms with Crippen LogP contribution >= 0.6 is 12.4 Å². The maximum Gasteiger partial charge on any atom is 0.319 e. The van der Waals surface area contributed by atoms with Gasteiger partial charge in [-0.25, -0.2) is 4.79 Å². The first-order chi connectivity index (χ1) is 5.27. The van der Waals surface area contributed by atoms with Crippen LogP contribution in [0.25, 0.3) is 0 Å². The van der Waals surface area contributed by atoms with E-state index in [0.29, 0.717) is 6.54 Å². The fraction of sp³-hybridized carbons (Fsp3) is 0.125. The van der Waals surface area contributed by atoms with Gasteiger partial charge in [-0.05, 0) is 11.1 Å². The molecule has 0 saturated carbocycles. The Labute approximate surface area is 76.6 Å².